The van der Waals surface area contributed by atoms with Crippen molar-refractivity contribution in [3.63, 3.8) is 0 Å². The molecule has 0 radical (unpaired) electrons. The third kappa shape index (κ3) is 3.62. The Hall–Kier alpha value is -2.90. The van der Waals surface area contributed by atoms with Crippen LogP contribution in [0.2, 0.25) is 0 Å². The van der Waals surface area contributed by atoms with Crippen LogP contribution < -0.4 is 5.32 Å². The molecule has 0 saturated carbocycles. The van der Waals surface area contributed by atoms with Crippen LogP contribution in [-0.4, -0.2) is 27.8 Å². The third-order valence-electron chi connectivity index (χ3n) is 3.59. The number of carbonyl (C=O) groups is 1. The zero-order valence-corrected chi connectivity index (χ0v) is 12.8. The van der Waals surface area contributed by atoms with Crippen molar-refractivity contribution in [3.05, 3.63) is 60.2 Å². The molecule has 1 unspecified atom stereocenters. The Morgan fingerprint density at radius 3 is 2.40 bits per heavy atom. The van der Waals surface area contributed by atoms with E-state index in [1.807, 2.05) is 35.6 Å². The Labute approximate surface area is 140 Å². The van der Waals surface area contributed by atoms with Crippen LogP contribution in [0.5, 0.6) is 0 Å². The van der Waals surface area contributed by atoms with Crippen molar-refractivity contribution in [1.29, 1.82) is 0 Å². The van der Waals surface area contributed by atoms with Crippen LogP contribution in [0.3, 0.4) is 0 Å². The van der Waals surface area contributed by atoms with E-state index in [9.17, 15) is 22.4 Å². The number of rotatable bonds is 4. The maximum Gasteiger partial charge on any atom is 0.428 e. The van der Waals surface area contributed by atoms with Crippen molar-refractivity contribution in [3.8, 4) is 0 Å². The van der Waals surface area contributed by atoms with Crippen molar-refractivity contribution in [1.82, 2.24) is 9.55 Å². The average Bonchev–Trinajstić information content (AvgIpc) is 2.92. The third-order valence-corrected chi connectivity index (χ3v) is 3.59. The SMILES string of the molecule is O=C(Nc1nc2ccccc2n1Cc1ccccc1)C(F)C(F)(F)F. The van der Waals surface area contributed by atoms with Crippen molar-refractivity contribution in [2.24, 2.45) is 0 Å². The molecule has 0 aliphatic carbocycles. The second-order valence-electron chi connectivity index (χ2n) is 5.39. The minimum absolute atomic E-state index is 0.137. The first kappa shape index (κ1) is 16.9. The highest BCUT2D eigenvalue weighted by molar-refractivity contribution is 5.95. The first-order valence-electron chi connectivity index (χ1n) is 7.37. The summed E-state index contributed by atoms with van der Waals surface area (Å²) in [6.45, 7) is 0.264. The van der Waals surface area contributed by atoms with Gasteiger partial charge in [-0.2, -0.15) is 13.2 Å². The van der Waals surface area contributed by atoms with Gasteiger partial charge in [0.25, 0.3) is 12.1 Å². The van der Waals surface area contributed by atoms with Crippen LogP contribution in [-0.2, 0) is 11.3 Å². The molecule has 3 rings (SSSR count). The van der Waals surface area contributed by atoms with Crippen LogP contribution in [0.1, 0.15) is 5.56 Å². The van der Waals surface area contributed by atoms with Gasteiger partial charge in [0.05, 0.1) is 17.6 Å². The lowest BCUT2D eigenvalue weighted by molar-refractivity contribution is -0.183. The normalized spacial score (nSPS) is 13.0. The summed E-state index contributed by atoms with van der Waals surface area (Å²) < 4.78 is 51.9. The molecule has 0 fully saturated rings. The second-order valence-corrected chi connectivity index (χ2v) is 5.39. The molecule has 1 heterocycles. The minimum atomic E-state index is -5.26. The van der Waals surface area contributed by atoms with E-state index in [4.69, 9.17) is 0 Å². The standard InChI is InChI=1S/C17H13F4N3O/c18-14(17(19,20)21)15(25)23-16-22-12-8-4-5-9-13(12)24(16)10-11-6-2-1-3-7-11/h1-9,14H,10H2,(H,22,23,25). The zero-order valence-electron chi connectivity index (χ0n) is 12.8. The Morgan fingerprint density at radius 2 is 1.72 bits per heavy atom. The number of hydrogen-bond acceptors (Lipinski definition) is 2. The maximum atomic E-state index is 13.2. The van der Waals surface area contributed by atoms with Gasteiger partial charge in [0, 0.05) is 0 Å². The van der Waals surface area contributed by atoms with Crippen molar-refractivity contribution in [2.45, 2.75) is 18.9 Å². The molecule has 8 heteroatoms. The molecule has 130 valence electrons. The van der Waals surface area contributed by atoms with Gasteiger partial charge in [-0.3, -0.25) is 10.1 Å². The lowest BCUT2D eigenvalue weighted by atomic mass is 10.2. The summed E-state index contributed by atoms with van der Waals surface area (Å²) in [7, 11) is 0. The van der Waals surface area contributed by atoms with Gasteiger partial charge in [-0.25, -0.2) is 9.37 Å². The molecule has 3 aromatic rings. The molecule has 1 aromatic heterocycles. The van der Waals surface area contributed by atoms with E-state index < -0.39 is 18.3 Å². The Morgan fingerprint density at radius 1 is 1.08 bits per heavy atom. The summed E-state index contributed by atoms with van der Waals surface area (Å²) in [6, 6.07) is 15.9. The second kappa shape index (κ2) is 6.54. The number of amides is 1. The average molecular weight is 351 g/mol. The first-order valence-corrected chi connectivity index (χ1v) is 7.37. The number of imidazole rings is 1. The minimum Gasteiger partial charge on any atom is -0.305 e. The van der Waals surface area contributed by atoms with E-state index in [2.05, 4.69) is 4.98 Å². The molecule has 1 amide bonds. The number of nitrogens with zero attached hydrogens (tertiary/aromatic N) is 2. The van der Waals surface area contributed by atoms with E-state index in [0.29, 0.717) is 11.0 Å². The van der Waals surface area contributed by atoms with E-state index in [1.165, 1.54) is 4.57 Å². The van der Waals surface area contributed by atoms with E-state index in [1.54, 1.807) is 24.3 Å². The van der Waals surface area contributed by atoms with Crippen LogP contribution in [0.25, 0.3) is 11.0 Å². The summed E-state index contributed by atoms with van der Waals surface area (Å²) in [6.07, 6.45) is -8.88. The van der Waals surface area contributed by atoms with E-state index in [-0.39, 0.29) is 12.5 Å². The number of alkyl halides is 4. The molecular formula is C17H13F4N3O. The molecule has 1 N–H and O–H groups in total. The quantitative estimate of drug-likeness (QED) is 0.724. The van der Waals surface area contributed by atoms with Gasteiger partial charge >= 0.3 is 6.18 Å². The highest BCUT2D eigenvalue weighted by Gasteiger charge is 2.46. The molecule has 2 aromatic carbocycles. The van der Waals surface area contributed by atoms with Crippen molar-refractivity contribution in [2.75, 3.05) is 5.32 Å². The smallest absolute Gasteiger partial charge is 0.305 e. The topological polar surface area (TPSA) is 46.9 Å². The lowest BCUT2D eigenvalue weighted by Gasteiger charge is -2.14. The Kier molecular flexibility index (Phi) is 4.43. The predicted molar refractivity (Wildman–Crippen MR) is 84.9 cm³/mol. The first-order chi connectivity index (χ1) is 11.9. The van der Waals surface area contributed by atoms with Crippen LogP contribution in [0, 0.1) is 0 Å². The fourth-order valence-electron chi connectivity index (χ4n) is 2.42. The van der Waals surface area contributed by atoms with Crippen LogP contribution in [0.15, 0.2) is 54.6 Å². The molecule has 0 saturated heterocycles. The molecule has 25 heavy (non-hydrogen) atoms. The van der Waals surface area contributed by atoms with Crippen LogP contribution >= 0.6 is 0 Å². The van der Waals surface area contributed by atoms with Gasteiger partial charge in [-0.05, 0) is 17.7 Å². The number of halogens is 4. The number of anilines is 1. The molecule has 1 atom stereocenters. The van der Waals surface area contributed by atoms with E-state index >= 15 is 0 Å². The summed E-state index contributed by atoms with van der Waals surface area (Å²) in [5, 5.41) is 1.94. The number of carbonyl (C=O) groups excluding carboxylic acids is 1. The zero-order chi connectivity index (χ0) is 18.0. The van der Waals surface area contributed by atoms with Crippen LogP contribution in [0.4, 0.5) is 23.5 Å². The molecule has 0 aliphatic heterocycles. The van der Waals surface area contributed by atoms with Gasteiger partial charge < -0.3 is 4.57 Å². The van der Waals surface area contributed by atoms with Gasteiger partial charge in [-0.1, -0.05) is 42.5 Å². The summed E-state index contributed by atoms with van der Waals surface area (Å²) in [4.78, 5) is 15.7. The van der Waals surface area contributed by atoms with Crippen molar-refractivity contribution < 1.29 is 22.4 Å². The highest BCUT2D eigenvalue weighted by atomic mass is 19.4. The largest absolute Gasteiger partial charge is 0.428 e. The summed E-state index contributed by atoms with van der Waals surface area (Å²) >= 11 is 0. The number of para-hydroxylation sites is 2. The highest BCUT2D eigenvalue weighted by Crippen LogP contribution is 2.26. The number of fused-ring (bicyclic) bond motifs is 1. The fourth-order valence-corrected chi connectivity index (χ4v) is 2.42. The number of aromatic nitrogens is 2. The fraction of sp³-hybridized carbons (Fsp3) is 0.176. The Balaban J connectivity index is 1.97. The van der Waals surface area contributed by atoms with Gasteiger partial charge in [0.1, 0.15) is 0 Å². The molecule has 0 aliphatic rings. The molecule has 4 nitrogen and oxygen atoms in total. The maximum absolute atomic E-state index is 13.2. The van der Waals surface area contributed by atoms with Gasteiger partial charge in [0.2, 0.25) is 5.95 Å². The van der Waals surface area contributed by atoms with E-state index in [0.717, 1.165) is 5.56 Å². The molecular weight excluding hydrogens is 338 g/mol. The number of benzene rings is 2. The monoisotopic (exact) mass is 351 g/mol. The Bertz CT molecular complexity index is 890. The van der Waals surface area contributed by atoms with Crippen molar-refractivity contribution >= 4 is 22.9 Å². The molecule has 0 spiro atoms. The molecule has 0 bridgehead atoms. The van der Waals surface area contributed by atoms with Gasteiger partial charge in [-0.15, -0.1) is 0 Å². The number of hydrogen-bond donors (Lipinski definition) is 1. The van der Waals surface area contributed by atoms with Gasteiger partial charge in [0.15, 0.2) is 0 Å². The number of nitrogens with one attached hydrogen (secondary N) is 1. The predicted octanol–water partition coefficient (Wildman–Crippen LogP) is 3.92. The summed E-state index contributed by atoms with van der Waals surface area (Å²) in [5.41, 5.74) is 1.95. The lowest BCUT2D eigenvalue weighted by Crippen LogP contribution is -2.37. The summed E-state index contributed by atoms with van der Waals surface area (Å²) in [5.74, 6) is -1.93.